The molecule has 0 radical (unpaired) electrons. The molecule has 0 aliphatic heterocycles. The lowest BCUT2D eigenvalue weighted by molar-refractivity contribution is -0.158. The second-order valence-electron chi connectivity index (χ2n) is 9.97. The molecular formula is C23H36O2. The van der Waals surface area contributed by atoms with Crippen molar-refractivity contribution in [3.63, 3.8) is 0 Å². The smallest absolute Gasteiger partial charge is 0.302 e. The quantitative estimate of drug-likeness (QED) is 0.437. The highest BCUT2D eigenvalue weighted by Gasteiger charge is 2.59. The van der Waals surface area contributed by atoms with Crippen molar-refractivity contribution >= 4 is 5.97 Å². The SMILES string of the molecule is C/C=C1\CC[C@@H]2[C@@H]3CC[C@H]4C[C@H](OC(C)=O)CC[C@]4(C)[C@@H]3CC[C@@]12C. The Kier molecular flexibility index (Phi) is 4.32. The van der Waals surface area contributed by atoms with Gasteiger partial charge >= 0.3 is 5.97 Å². The van der Waals surface area contributed by atoms with E-state index in [2.05, 4.69) is 26.8 Å². The molecule has 4 aliphatic rings. The Morgan fingerprint density at radius 3 is 2.60 bits per heavy atom. The summed E-state index contributed by atoms with van der Waals surface area (Å²) in [5.41, 5.74) is 2.73. The van der Waals surface area contributed by atoms with Crippen LogP contribution >= 0.6 is 0 Å². The first kappa shape index (κ1) is 17.6. The fraction of sp³-hybridized carbons (Fsp3) is 0.870. The van der Waals surface area contributed by atoms with Gasteiger partial charge in [-0.1, -0.05) is 25.5 Å². The fourth-order valence-corrected chi connectivity index (χ4v) is 7.88. The van der Waals surface area contributed by atoms with E-state index in [1.165, 1.54) is 44.9 Å². The van der Waals surface area contributed by atoms with Crippen LogP contribution in [0.1, 0.15) is 85.5 Å². The van der Waals surface area contributed by atoms with Gasteiger partial charge in [0.2, 0.25) is 0 Å². The molecule has 2 heteroatoms. The van der Waals surface area contributed by atoms with Crippen molar-refractivity contribution in [3.05, 3.63) is 11.6 Å². The van der Waals surface area contributed by atoms with E-state index in [4.69, 9.17) is 4.74 Å². The van der Waals surface area contributed by atoms with Gasteiger partial charge < -0.3 is 4.74 Å². The fourth-order valence-electron chi connectivity index (χ4n) is 7.88. The van der Waals surface area contributed by atoms with Gasteiger partial charge in [-0.2, -0.15) is 0 Å². The van der Waals surface area contributed by atoms with Crippen LogP contribution < -0.4 is 0 Å². The molecule has 4 saturated carbocycles. The van der Waals surface area contributed by atoms with Crippen LogP contribution in [0.15, 0.2) is 11.6 Å². The van der Waals surface area contributed by atoms with E-state index in [-0.39, 0.29) is 12.1 Å². The molecule has 4 fully saturated rings. The van der Waals surface area contributed by atoms with Crippen LogP contribution in [0.3, 0.4) is 0 Å². The van der Waals surface area contributed by atoms with Gasteiger partial charge in [0.05, 0.1) is 0 Å². The first-order chi connectivity index (χ1) is 11.9. The van der Waals surface area contributed by atoms with Gasteiger partial charge in [-0.05, 0) is 99.2 Å². The third-order valence-electron chi connectivity index (χ3n) is 9.15. The predicted molar refractivity (Wildman–Crippen MR) is 101 cm³/mol. The second-order valence-corrected chi connectivity index (χ2v) is 9.97. The van der Waals surface area contributed by atoms with Crippen molar-refractivity contribution < 1.29 is 9.53 Å². The first-order valence-corrected chi connectivity index (χ1v) is 10.7. The van der Waals surface area contributed by atoms with Gasteiger partial charge in [-0.15, -0.1) is 0 Å². The van der Waals surface area contributed by atoms with Gasteiger partial charge in [0, 0.05) is 6.92 Å². The number of ether oxygens (including phenoxy) is 1. The number of allylic oxidation sites excluding steroid dienone is 2. The second kappa shape index (κ2) is 6.13. The predicted octanol–water partition coefficient (Wildman–Crippen LogP) is 5.91. The van der Waals surface area contributed by atoms with E-state index in [1.807, 2.05) is 0 Å². The van der Waals surface area contributed by atoms with Crippen molar-refractivity contribution in [2.24, 2.45) is 34.5 Å². The molecule has 0 spiro atoms. The van der Waals surface area contributed by atoms with E-state index in [0.717, 1.165) is 36.5 Å². The zero-order chi connectivity index (χ0) is 17.8. The van der Waals surface area contributed by atoms with Crippen molar-refractivity contribution in [1.29, 1.82) is 0 Å². The summed E-state index contributed by atoms with van der Waals surface area (Å²) in [7, 11) is 0. The third kappa shape index (κ3) is 2.61. The average molecular weight is 345 g/mol. The van der Waals surface area contributed by atoms with Crippen LogP contribution in [-0.4, -0.2) is 12.1 Å². The molecule has 0 aromatic rings. The molecule has 0 N–H and O–H groups in total. The summed E-state index contributed by atoms with van der Waals surface area (Å²) >= 11 is 0. The normalized spacial score (nSPS) is 50.7. The van der Waals surface area contributed by atoms with Gasteiger partial charge in [0.25, 0.3) is 0 Å². The van der Waals surface area contributed by atoms with Crippen LogP contribution in [0.5, 0.6) is 0 Å². The highest BCUT2D eigenvalue weighted by Crippen LogP contribution is 2.67. The highest BCUT2D eigenvalue weighted by atomic mass is 16.5. The summed E-state index contributed by atoms with van der Waals surface area (Å²) in [4.78, 5) is 11.4. The molecule has 7 atom stereocenters. The minimum Gasteiger partial charge on any atom is -0.463 e. The van der Waals surface area contributed by atoms with E-state index >= 15 is 0 Å². The molecule has 0 unspecified atom stereocenters. The Balaban J connectivity index is 1.55. The summed E-state index contributed by atoms with van der Waals surface area (Å²) in [5, 5.41) is 0. The Morgan fingerprint density at radius 1 is 1.08 bits per heavy atom. The Labute approximate surface area is 153 Å². The van der Waals surface area contributed by atoms with E-state index in [0.29, 0.717) is 10.8 Å². The first-order valence-electron chi connectivity index (χ1n) is 10.7. The third-order valence-corrected chi connectivity index (χ3v) is 9.15. The molecule has 2 nitrogen and oxygen atoms in total. The zero-order valence-electron chi connectivity index (χ0n) is 16.6. The van der Waals surface area contributed by atoms with Crippen LogP contribution in [0.4, 0.5) is 0 Å². The maximum absolute atomic E-state index is 11.4. The van der Waals surface area contributed by atoms with Gasteiger partial charge in [0.1, 0.15) is 6.10 Å². The van der Waals surface area contributed by atoms with E-state index in [9.17, 15) is 4.79 Å². The maximum Gasteiger partial charge on any atom is 0.302 e. The summed E-state index contributed by atoms with van der Waals surface area (Å²) in [5.74, 6) is 3.42. The Bertz CT molecular complexity index is 579. The van der Waals surface area contributed by atoms with Gasteiger partial charge in [-0.25, -0.2) is 0 Å². The van der Waals surface area contributed by atoms with Crippen molar-refractivity contribution in [3.8, 4) is 0 Å². The molecule has 0 heterocycles. The number of rotatable bonds is 1. The minimum atomic E-state index is -0.0967. The largest absolute Gasteiger partial charge is 0.463 e. The number of hydrogen-bond donors (Lipinski definition) is 0. The molecule has 0 aromatic heterocycles. The van der Waals surface area contributed by atoms with Crippen LogP contribution in [0.2, 0.25) is 0 Å². The van der Waals surface area contributed by atoms with Crippen molar-refractivity contribution in [2.75, 3.05) is 0 Å². The molecule has 0 saturated heterocycles. The van der Waals surface area contributed by atoms with E-state index in [1.54, 1.807) is 12.5 Å². The average Bonchev–Trinajstić information content (AvgIpc) is 2.91. The van der Waals surface area contributed by atoms with Crippen molar-refractivity contribution in [2.45, 2.75) is 91.6 Å². The molecule has 25 heavy (non-hydrogen) atoms. The summed E-state index contributed by atoms with van der Waals surface area (Å²) in [6.45, 7) is 8.98. The van der Waals surface area contributed by atoms with Gasteiger partial charge in [-0.3, -0.25) is 4.79 Å². The molecule has 4 rings (SSSR count). The van der Waals surface area contributed by atoms with Crippen LogP contribution in [-0.2, 0) is 9.53 Å². The lowest BCUT2D eigenvalue weighted by Gasteiger charge is -2.60. The number of fused-ring (bicyclic) bond motifs is 5. The molecule has 140 valence electrons. The molecule has 0 aromatic carbocycles. The number of carbonyl (C=O) groups is 1. The minimum absolute atomic E-state index is 0.0967. The molecule has 0 amide bonds. The standard InChI is InChI=1S/C23H36O2/c1-5-16-7-9-20-19-8-6-17-14-18(25-15(2)24)10-12-23(17,4)21(19)11-13-22(16,20)3/h5,17-21H,6-14H2,1-4H3/b16-5+/t17-,18+,19-,20+,21+,22-,23-/m0/s1. The topological polar surface area (TPSA) is 26.3 Å². The van der Waals surface area contributed by atoms with Crippen LogP contribution in [0, 0.1) is 34.5 Å². The van der Waals surface area contributed by atoms with Crippen LogP contribution in [0.25, 0.3) is 0 Å². The van der Waals surface area contributed by atoms with Gasteiger partial charge in [0.15, 0.2) is 0 Å². The lowest BCUT2D eigenvalue weighted by atomic mass is 9.45. The maximum atomic E-state index is 11.4. The summed E-state index contributed by atoms with van der Waals surface area (Å²) in [6, 6.07) is 0. The Hall–Kier alpha value is -0.790. The molecule has 4 aliphatic carbocycles. The summed E-state index contributed by atoms with van der Waals surface area (Å²) in [6.07, 6.45) is 14.4. The lowest BCUT2D eigenvalue weighted by Crippen LogP contribution is -2.53. The molecular weight excluding hydrogens is 308 g/mol. The highest BCUT2D eigenvalue weighted by molar-refractivity contribution is 5.66. The molecule has 0 bridgehead atoms. The number of hydrogen-bond acceptors (Lipinski definition) is 2. The number of carbonyl (C=O) groups excluding carboxylic acids is 1. The Morgan fingerprint density at radius 2 is 1.88 bits per heavy atom. The number of esters is 1. The van der Waals surface area contributed by atoms with E-state index < -0.39 is 0 Å². The monoisotopic (exact) mass is 344 g/mol. The zero-order valence-corrected chi connectivity index (χ0v) is 16.6. The van der Waals surface area contributed by atoms with Crippen molar-refractivity contribution in [1.82, 2.24) is 0 Å². The summed E-state index contributed by atoms with van der Waals surface area (Å²) < 4.78 is 5.59.